The normalized spacial score (nSPS) is 18.3. The Kier molecular flexibility index (Phi) is 4.06. The summed E-state index contributed by atoms with van der Waals surface area (Å²) in [5, 5.41) is 3.71. The predicted octanol–water partition coefficient (Wildman–Crippen LogP) is 4.47. The SMILES string of the molecule is Cc1sc(CNC2CCc3ccccc3C2)cc1Br. The Bertz CT molecular complexity index is 556. The molecule has 0 spiro atoms. The summed E-state index contributed by atoms with van der Waals surface area (Å²) in [6.07, 6.45) is 3.63. The van der Waals surface area contributed by atoms with Crippen LogP contribution < -0.4 is 5.32 Å². The number of benzene rings is 1. The Balaban J connectivity index is 1.60. The second kappa shape index (κ2) is 5.78. The number of fused-ring (bicyclic) bond motifs is 1. The third kappa shape index (κ3) is 3.10. The van der Waals surface area contributed by atoms with Crippen molar-refractivity contribution in [3.05, 3.63) is 55.7 Å². The molecule has 0 amide bonds. The maximum absolute atomic E-state index is 3.71. The summed E-state index contributed by atoms with van der Waals surface area (Å²) in [5.74, 6) is 0. The lowest BCUT2D eigenvalue weighted by Gasteiger charge is -2.25. The molecule has 100 valence electrons. The molecular weight excluding hydrogens is 318 g/mol. The van der Waals surface area contributed by atoms with E-state index in [1.54, 1.807) is 0 Å². The van der Waals surface area contributed by atoms with E-state index >= 15 is 0 Å². The Morgan fingerprint density at radius 1 is 1.32 bits per heavy atom. The maximum Gasteiger partial charge on any atom is 0.0314 e. The van der Waals surface area contributed by atoms with Crippen molar-refractivity contribution < 1.29 is 0 Å². The second-order valence-corrected chi connectivity index (χ2v) is 7.40. The molecule has 1 aliphatic rings. The van der Waals surface area contributed by atoms with Crippen LogP contribution in [-0.4, -0.2) is 6.04 Å². The van der Waals surface area contributed by atoms with Gasteiger partial charge in [0.25, 0.3) is 0 Å². The van der Waals surface area contributed by atoms with Crippen molar-refractivity contribution in [3.8, 4) is 0 Å². The van der Waals surface area contributed by atoms with Gasteiger partial charge in [-0.05, 0) is 59.3 Å². The first-order chi connectivity index (χ1) is 9.22. The summed E-state index contributed by atoms with van der Waals surface area (Å²) in [7, 11) is 0. The highest BCUT2D eigenvalue weighted by molar-refractivity contribution is 9.10. The Morgan fingerprint density at radius 2 is 2.11 bits per heavy atom. The largest absolute Gasteiger partial charge is 0.309 e. The lowest BCUT2D eigenvalue weighted by atomic mass is 9.88. The first-order valence-corrected chi connectivity index (χ1v) is 8.38. The first-order valence-electron chi connectivity index (χ1n) is 6.77. The number of aryl methyl sites for hydroxylation is 2. The van der Waals surface area contributed by atoms with Crippen LogP contribution in [0.1, 0.15) is 27.3 Å². The lowest BCUT2D eigenvalue weighted by Crippen LogP contribution is -2.33. The van der Waals surface area contributed by atoms with Crippen molar-refractivity contribution in [2.24, 2.45) is 0 Å². The third-order valence-corrected chi connectivity index (χ3v) is 5.96. The van der Waals surface area contributed by atoms with Crippen LogP contribution in [0.25, 0.3) is 0 Å². The van der Waals surface area contributed by atoms with E-state index in [9.17, 15) is 0 Å². The molecule has 1 N–H and O–H groups in total. The van der Waals surface area contributed by atoms with Crippen LogP contribution in [0.2, 0.25) is 0 Å². The zero-order valence-corrected chi connectivity index (χ0v) is 13.5. The molecule has 1 aliphatic carbocycles. The molecule has 2 aromatic rings. The van der Waals surface area contributed by atoms with Gasteiger partial charge >= 0.3 is 0 Å². The van der Waals surface area contributed by atoms with Gasteiger partial charge in [-0.15, -0.1) is 11.3 Å². The van der Waals surface area contributed by atoms with E-state index < -0.39 is 0 Å². The molecule has 1 nitrogen and oxygen atoms in total. The van der Waals surface area contributed by atoms with Gasteiger partial charge in [0.15, 0.2) is 0 Å². The number of thiophene rings is 1. The molecular formula is C16H18BrNS. The quantitative estimate of drug-likeness (QED) is 0.872. The van der Waals surface area contributed by atoms with E-state index in [1.165, 1.54) is 44.6 Å². The van der Waals surface area contributed by atoms with Gasteiger partial charge in [0.1, 0.15) is 0 Å². The number of rotatable bonds is 3. The fraction of sp³-hybridized carbons (Fsp3) is 0.375. The standard InChI is InChI=1S/C16H18BrNS/c1-11-16(17)9-15(19-11)10-18-14-7-6-12-4-2-3-5-13(12)8-14/h2-5,9,14,18H,6-8,10H2,1H3. The molecule has 0 bridgehead atoms. The average molecular weight is 336 g/mol. The average Bonchev–Trinajstić information content (AvgIpc) is 2.75. The van der Waals surface area contributed by atoms with Crippen LogP contribution >= 0.6 is 27.3 Å². The van der Waals surface area contributed by atoms with Gasteiger partial charge in [-0.3, -0.25) is 0 Å². The summed E-state index contributed by atoms with van der Waals surface area (Å²) in [6, 6.07) is 11.7. The molecule has 1 heterocycles. The lowest BCUT2D eigenvalue weighted by molar-refractivity contribution is 0.459. The molecule has 0 saturated carbocycles. The van der Waals surface area contributed by atoms with Crippen LogP contribution in [0.15, 0.2) is 34.8 Å². The minimum Gasteiger partial charge on any atom is -0.309 e. The number of hydrogen-bond acceptors (Lipinski definition) is 2. The summed E-state index contributed by atoms with van der Waals surface area (Å²) in [6.45, 7) is 3.15. The Labute approximate surface area is 127 Å². The van der Waals surface area contributed by atoms with E-state index in [0.29, 0.717) is 6.04 Å². The molecule has 0 saturated heterocycles. The predicted molar refractivity (Wildman–Crippen MR) is 85.9 cm³/mol. The Hall–Kier alpha value is -0.640. The summed E-state index contributed by atoms with van der Waals surface area (Å²) >= 11 is 5.47. The molecule has 3 rings (SSSR count). The van der Waals surface area contributed by atoms with Crippen LogP contribution in [0, 0.1) is 6.92 Å². The molecule has 1 atom stereocenters. The van der Waals surface area contributed by atoms with Crippen molar-refractivity contribution in [1.29, 1.82) is 0 Å². The van der Waals surface area contributed by atoms with Crippen molar-refractivity contribution in [1.82, 2.24) is 5.32 Å². The van der Waals surface area contributed by atoms with Gasteiger partial charge in [-0.1, -0.05) is 24.3 Å². The van der Waals surface area contributed by atoms with E-state index in [2.05, 4.69) is 58.5 Å². The van der Waals surface area contributed by atoms with Gasteiger partial charge in [-0.2, -0.15) is 0 Å². The highest BCUT2D eigenvalue weighted by Crippen LogP contribution is 2.27. The van der Waals surface area contributed by atoms with Crippen molar-refractivity contribution >= 4 is 27.3 Å². The smallest absolute Gasteiger partial charge is 0.0314 e. The number of hydrogen-bond donors (Lipinski definition) is 1. The van der Waals surface area contributed by atoms with E-state index in [1.807, 2.05) is 11.3 Å². The van der Waals surface area contributed by atoms with Gasteiger partial charge < -0.3 is 5.32 Å². The highest BCUT2D eigenvalue weighted by atomic mass is 79.9. The number of nitrogens with one attached hydrogen (secondary N) is 1. The molecule has 19 heavy (non-hydrogen) atoms. The van der Waals surface area contributed by atoms with Gasteiger partial charge in [-0.25, -0.2) is 0 Å². The number of halogens is 1. The molecule has 1 aromatic carbocycles. The first kappa shape index (κ1) is 13.3. The zero-order chi connectivity index (χ0) is 13.2. The third-order valence-electron chi connectivity index (χ3n) is 3.82. The maximum atomic E-state index is 3.71. The molecule has 0 fully saturated rings. The van der Waals surface area contributed by atoms with E-state index in [0.717, 1.165) is 6.54 Å². The molecule has 0 aliphatic heterocycles. The van der Waals surface area contributed by atoms with Crippen LogP contribution in [0.3, 0.4) is 0 Å². The van der Waals surface area contributed by atoms with Gasteiger partial charge in [0.2, 0.25) is 0 Å². The van der Waals surface area contributed by atoms with Gasteiger partial charge in [0, 0.05) is 26.8 Å². The molecule has 3 heteroatoms. The van der Waals surface area contributed by atoms with Gasteiger partial charge in [0.05, 0.1) is 0 Å². The monoisotopic (exact) mass is 335 g/mol. The summed E-state index contributed by atoms with van der Waals surface area (Å²) < 4.78 is 1.24. The second-order valence-electron chi connectivity index (χ2n) is 5.21. The van der Waals surface area contributed by atoms with Crippen LogP contribution in [0.5, 0.6) is 0 Å². The van der Waals surface area contributed by atoms with E-state index in [-0.39, 0.29) is 0 Å². The summed E-state index contributed by atoms with van der Waals surface area (Å²) in [5.41, 5.74) is 3.06. The van der Waals surface area contributed by atoms with Crippen LogP contribution in [-0.2, 0) is 19.4 Å². The van der Waals surface area contributed by atoms with Crippen LogP contribution in [0.4, 0.5) is 0 Å². The van der Waals surface area contributed by atoms with Crippen molar-refractivity contribution in [2.45, 2.75) is 38.8 Å². The Morgan fingerprint density at radius 3 is 2.84 bits per heavy atom. The molecule has 0 radical (unpaired) electrons. The molecule has 1 aromatic heterocycles. The fourth-order valence-corrected chi connectivity index (χ4v) is 4.27. The van der Waals surface area contributed by atoms with E-state index in [4.69, 9.17) is 0 Å². The fourth-order valence-electron chi connectivity index (χ4n) is 2.72. The summed E-state index contributed by atoms with van der Waals surface area (Å²) in [4.78, 5) is 2.79. The zero-order valence-electron chi connectivity index (χ0n) is 11.1. The highest BCUT2D eigenvalue weighted by Gasteiger charge is 2.17. The topological polar surface area (TPSA) is 12.0 Å². The van der Waals surface area contributed by atoms with Crippen molar-refractivity contribution in [3.63, 3.8) is 0 Å². The molecule has 1 unspecified atom stereocenters. The minimum atomic E-state index is 0.621. The van der Waals surface area contributed by atoms with Crippen molar-refractivity contribution in [2.75, 3.05) is 0 Å². The minimum absolute atomic E-state index is 0.621.